The number of carbonyl (C=O) groups excluding carboxylic acids is 1. The first-order valence-corrected chi connectivity index (χ1v) is 6.16. The Bertz CT molecular complexity index is 202. The van der Waals surface area contributed by atoms with Gasteiger partial charge in [0.1, 0.15) is 0 Å². The standard InChI is InChI=1S/C12H26N2O3/c1-12(2,3)14-7-5-11(16)13-6-4-9-17-10-8-15/h14-15H,4-10H2,1-3H3,(H,13,16). The van der Waals surface area contributed by atoms with Crippen molar-refractivity contribution >= 4 is 5.91 Å². The molecule has 5 heteroatoms. The molecule has 0 aromatic carbocycles. The summed E-state index contributed by atoms with van der Waals surface area (Å²) in [7, 11) is 0. The molecule has 0 spiro atoms. The van der Waals surface area contributed by atoms with E-state index in [2.05, 4.69) is 31.4 Å². The van der Waals surface area contributed by atoms with Gasteiger partial charge in [-0.15, -0.1) is 0 Å². The third kappa shape index (κ3) is 13.3. The van der Waals surface area contributed by atoms with Crippen molar-refractivity contribution in [1.29, 1.82) is 0 Å². The van der Waals surface area contributed by atoms with Crippen molar-refractivity contribution in [3.63, 3.8) is 0 Å². The minimum atomic E-state index is 0.0465. The maximum absolute atomic E-state index is 11.4. The molecule has 1 amide bonds. The lowest BCUT2D eigenvalue weighted by molar-refractivity contribution is -0.121. The van der Waals surface area contributed by atoms with Gasteiger partial charge in [0.15, 0.2) is 0 Å². The highest BCUT2D eigenvalue weighted by Gasteiger charge is 2.09. The van der Waals surface area contributed by atoms with Crippen molar-refractivity contribution in [2.75, 3.05) is 32.9 Å². The molecule has 0 rings (SSSR count). The summed E-state index contributed by atoms with van der Waals surface area (Å²) >= 11 is 0. The van der Waals surface area contributed by atoms with Crippen molar-refractivity contribution in [2.45, 2.75) is 39.2 Å². The van der Waals surface area contributed by atoms with E-state index in [1.807, 2.05) is 0 Å². The summed E-state index contributed by atoms with van der Waals surface area (Å²) in [6, 6.07) is 0. The molecule has 102 valence electrons. The Kier molecular flexibility index (Phi) is 9.03. The lowest BCUT2D eigenvalue weighted by Gasteiger charge is -2.20. The van der Waals surface area contributed by atoms with Crippen LogP contribution in [0.3, 0.4) is 0 Å². The van der Waals surface area contributed by atoms with E-state index in [4.69, 9.17) is 9.84 Å². The third-order valence-corrected chi connectivity index (χ3v) is 2.03. The number of nitrogens with one attached hydrogen (secondary N) is 2. The molecule has 5 nitrogen and oxygen atoms in total. The van der Waals surface area contributed by atoms with E-state index in [1.165, 1.54) is 0 Å². The van der Waals surface area contributed by atoms with Crippen LogP contribution in [0.1, 0.15) is 33.6 Å². The van der Waals surface area contributed by atoms with Gasteiger partial charge in [-0.1, -0.05) is 0 Å². The minimum absolute atomic E-state index is 0.0465. The van der Waals surface area contributed by atoms with Gasteiger partial charge >= 0.3 is 0 Å². The Labute approximate surface area is 104 Å². The first-order chi connectivity index (χ1) is 7.95. The van der Waals surface area contributed by atoms with Crippen LogP contribution >= 0.6 is 0 Å². The molecule has 0 radical (unpaired) electrons. The molecule has 0 bridgehead atoms. The fraction of sp³-hybridized carbons (Fsp3) is 0.917. The summed E-state index contributed by atoms with van der Waals surface area (Å²) in [5, 5.41) is 14.6. The molecular formula is C12H26N2O3. The van der Waals surface area contributed by atoms with E-state index in [0.29, 0.717) is 32.7 Å². The maximum Gasteiger partial charge on any atom is 0.221 e. The smallest absolute Gasteiger partial charge is 0.221 e. The van der Waals surface area contributed by atoms with Crippen LogP contribution in [-0.4, -0.2) is 49.5 Å². The molecule has 0 unspecified atom stereocenters. The van der Waals surface area contributed by atoms with Gasteiger partial charge in [-0.3, -0.25) is 4.79 Å². The SMILES string of the molecule is CC(C)(C)NCCC(=O)NCCCOCCO. The van der Waals surface area contributed by atoms with Gasteiger partial charge in [0.05, 0.1) is 13.2 Å². The largest absolute Gasteiger partial charge is 0.394 e. The maximum atomic E-state index is 11.4. The summed E-state index contributed by atoms with van der Waals surface area (Å²) in [5.41, 5.74) is 0.0540. The normalized spacial score (nSPS) is 11.5. The summed E-state index contributed by atoms with van der Waals surface area (Å²) in [6.45, 7) is 8.52. The molecule has 0 saturated heterocycles. The molecule has 0 aromatic rings. The van der Waals surface area contributed by atoms with Gasteiger partial charge in [0, 0.05) is 31.7 Å². The average molecular weight is 246 g/mol. The Morgan fingerprint density at radius 3 is 2.53 bits per heavy atom. The van der Waals surface area contributed by atoms with Crippen molar-refractivity contribution in [2.24, 2.45) is 0 Å². The molecule has 3 N–H and O–H groups in total. The van der Waals surface area contributed by atoms with E-state index < -0.39 is 0 Å². The monoisotopic (exact) mass is 246 g/mol. The molecule has 0 heterocycles. The summed E-state index contributed by atoms with van der Waals surface area (Å²) < 4.78 is 5.08. The van der Waals surface area contributed by atoms with Crippen molar-refractivity contribution in [1.82, 2.24) is 10.6 Å². The Morgan fingerprint density at radius 1 is 1.24 bits per heavy atom. The molecular weight excluding hydrogens is 220 g/mol. The Morgan fingerprint density at radius 2 is 1.94 bits per heavy atom. The summed E-state index contributed by atoms with van der Waals surface area (Å²) in [6.07, 6.45) is 1.27. The van der Waals surface area contributed by atoms with E-state index >= 15 is 0 Å². The number of ether oxygens (including phenoxy) is 1. The first kappa shape index (κ1) is 16.4. The zero-order valence-corrected chi connectivity index (χ0v) is 11.2. The van der Waals surface area contributed by atoms with E-state index in [-0.39, 0.29) is 18.1 Å². The Hall–Kier alpha value is -0.650. The van der Waals surface area contributed by atoms with Crippen LogP contribution in [0.5, 0.6) is 0 Å². The first-order valence-electron chi connectivity index (χ1n) is 6.16. The van der Waals surface area contributed by atoms with Crippen LogP contribution in [0, 0.1) is 0 Å². The molecule has 0 aromatic heterocycles. The lowest BCUT2D eigenvalue weighted by atomic mass is 10.1. The van der Waals surface area contributed by atoms with Gasteiger partial charge in [-0.2, -0.15) is 0 Å². The number of rotatable bonds is 9. The van der Waals surface area contributed by atoms with Crippen LogP contribution in [0.15, 0.2) is 0 Å². The number of hydrogen-bond acceptors (Lipinski definition) is 4. The van der Waals surface area contributed by atoms with Crippen molar-refractivity contribution in [3.05, 3.63) is 0 Å². The summed E-state index contributed by atoms with van der Waals surface area (Å²) in [5.74, 6) is 0.0592. The topological polar surface area (TPSA) is 70.6 Å². The zero-order valence-electron chi connectivity index (χ0n) is 11.2. The second-order valence-electron chi connectivity index (χ2n) is 4.97. The highest BCUT2D eigenvalue weighted by Crippen LogP contribution is 1.97. The summed E-state index contributed by atoms with van der Waals surface area (Å²) in [4.78, 5) is 11.4. The number of carbonyl (C=O) groups is 1. The fourth-order valence-corrected chi connectivity index (χ4v) is 1.21. The number of aliphatic hydroxyl groups excluding tert-OH is 1. The average Bonchev–Trinajstić information content (AvgIpc) is 2.21. The number of hydrogen-bond donors (Lipinski definition) is 3. The predicted molar refractivity (Wildman–Crippen MR) is 67.9 cm³/mol. The lowest BCUT2D eigenvalue weighted by Crippen LogP contribution is -2.38. The van der Waals surface area contributed by atoms with Crippen LogP contribution < -0.4 is 10.6 Å². The van der Waals surface area contributed by atoms with Gasteiger partial charge in [0.2, 0.25) is 5.91 Å². The van der Waals surface area contributed by atoms with E-state index in [9.17, 15) is 4.79 Å². The van der Waals surface area contributed by atoms with E-state index in [0.717, 1.165) is 6.42 Å². The highest BCUT2D eigenvalue weighted by molar-refractivity contribution is 5.75. The minimum Gasteiger partial charge on any atom is -0.394 e. The number of aliphatic hydroxyl groups is 1. The molecule has 0 aliphatic heterocycles. The zero-order chi connectivity index (χ0) is 13.1. The molecule has 0 aliphatic carbocycles. The van der Waals surface area contributed by atoms with Gasteiger partial charge in [-0.25, -0.2) is 0 Å². The molecule has 0 atom stereocenters. The second kappa shape index (κ2) is 9.39. The molecule has 17 heavy (non-hydrogen) atoms. The molecule has 0 aliphatic rings. The van der Waals surface area contributed by atoms with Gasteiger partial charge in [-0.05, 0) is 27.2 Å². The van der Waals surface area contributed by atoms with Gasteiger partial charge in [0.25, 0.3) is 0 Å². The van der Waals surface area contributed by atoms with Crippen LogP contribution in [0.4, 0.5) is 0 Å². The van der Waals surface area contributed by atoms with Crippen LogP contribution in [-0.2, 0) is 9.53 Å². The third-order valence-electron chi connectivity index (χ3n) is 2.03. The molecule has 0 fully saturated rings. The quantitative estimate of drug-likeness (QED) is 0.511. The second-order valence-corrected chi connectivity index (χ2v) is 4.97. The number of amides is 1. The van der Waals surface area contributed by atoms with Gasteiger partial charge < -0.3 is 20.5 Å². The van der Waals surface area contributed by atoms with E-state index in [1.54, 1.807) is 0 Å². The van der Waals surface area contributed by atoms with Crippen LogP contribution in [0.2, 0.25) is 0 Å². The highest BCUT2D eigenvalue weighted by atomic mass is 16.5. The van der Waals surface area contributed by atoms with Crippen molar-refractivity contribution in [3.8, 4) is 0 Å². The molecule has 0 saturated carbocycles. The Balaban J connectivity index is 3.29. The predicted octanol–water partition coefficient (Wildman–Crippen LogP) is 0.280. The van der Waals surface area contributed by atoms with Crippen LogP contribution in [0.25, 0.3) is 0 Å². The van der Waals surface area contributed by atoms with Crippen molar-refractivity contribution < 1.29 is 14.6 Å². The fourth-order valence-electron chi connectivity index (χ4n) is 1.21.